The second kappa shape index (κ2) is 7.02. The Labute approximate surface area is 116 Å². The molecule has 1 N–H and O–H groups in total. The van der Waals surface area contributed by atoms with Crippen LogP contribution in [-0.2, 0) is 14.8 Å². The Hall–Kier alpha value is -0.170. The van der Waals surface area contributed by atoms with Crippen LogP contribution in [0.4, 0.5) is 0 Å². The van der Waals surface area contributed by atoms with Crippen LogP contribution in [0.2, 0.25) is 0 Å². The first-order chi connectivity index (χ1) is 9.14. The highest BCUT2D eigenvalue weighted by Gasteiger charge is 2.35. The highest BCUT2D eigenvalue weighted by molar-refractivity contribution is 7.89. The molecular formula is C13H26N2O3S. The van der Waals surface area contributed by atoms with Crippen molar-refractivity contribution in [3.8, 4) is 0 Å². The lowest BCUT2D eigenvalue weighted by molar-refractivity contribution is 0.175. The van der Waals surface area contributed by atoms with Gasteiger partial charge in [0, 0.05) is 26.2 Å². The fourth-order valence-corrected chi connectivity index (χ4v) is 5.14. The van der Waals surface area contributed by atoms with Crippen LogP contribution in [0.25, 0.3) is 0 Å². The molecule has 2 fully saturated rings. The Kier molecular flexibility index (Phi) is 5.62. The molecule has 6 heteroatoms. The molecule has 1 saturated heterocycles. The van der Waals surface area contributed by atoms with Crippen molar-refractivity contribution in [2.45, 2.75) is 49.8 Å². The van der Waals surface area contributed by atoms with Crippen molar-refractivity contribution in [3.63, 3.8) is 0 Å². The van der Waals surface area contributed by atoms with Crippen LogP contribution < -0.4 is 5.32 Å². The molecule has 1 heterocycles. The van der Waals surface area contributed by atoms with Gasteiger partial charge in [0.1, 0.15) is 0 Å². The number of hydrogen-bond donors (Lipinski definition) is 1. The quantitative estimate of drug-likeness (QED) is 0.759. The number of nitrogens with one attached hydrogen (secondary N) is 1. The first-order valence-corrected chi connectivity index (χ1v) is 8.86. The number of hydrogen-bond acceptors (Lipinski definition) is 4. The van der Waals surface area contributed by atoms with E-state index in [4.69, 9.17) is 4.74 Å². The lowest BCUT2D eigenvalue weighted by atomic mass is 10.2. The molecule has 2 aliphatic rings. The normalized spacial score (nSPS) is 25.5. The van der Waals surface area contributed by atoms with Crippen molar-refractivity contribution >= 4 is 10.0 Å². The smallest absolute Gasteiger partial charge is 0.217 e. The monoisotopic (exact) mass is 290 g/mol. The van der Waals surface area contributed by atoms with E-state index in [-0.39, 0.29) is 5.25 Å². The van der Waals surface area contributed by atoms with Gasteiger partial charge in [-0.15, -0.1) is 0 Å². The van der Waals surface area contributed by atoms with E-state index in [0.717, 1.165) is 45.1 Å². The van der Waals surface area contributed by atoms with Crippen molar-refractivity contribution < 1.29 is 13.2 Å². The van der Waals surface area contributed by atoms with Gasteiger partial charge < -0.3 is 10.1 Å². The Balaban J connectivity index is 2.01. The highest BCUT2D eigenvalue weighted by Crippen LogP contribution is 2.27. The van der Waals surface area contributed by atoms with Crippen LogP contribution in [0, 0.1) is 0 Å². The van der Waals surface area contributed by atoms with Gasteiger partial charge in [-0.25, -0.2) is 8.42 Å². The maximum Gasteiger partial charge on any atom is 0.217 e. The molecule has 112 valence electrons. The summed E-state index contributed by atoms with van der Waals surface area (Å²) in [6.07, 6.45) is 5.96. The zero-order chi connectivity index (χ0) is 13.7. The number of nitrogens with zero attached hydrogens (tertiary/aromatic N) is 1. The molecule has 0 radical (unpaired) electrons. The molecule has 0 aromatic heterocycles. The molecule has 0 amide bonds. The molecule has 0 aromatic carbocycles. The first-order valence-electron chi connectivity index (χ1n) is 7.36. The maximum atomic E-state index is 12.7. The van der Waals surface area contributed by atoms with Crippen molar-refractivity contribution in [1.29, 1.82) is 0 Å². The van der Waals surface area contributed by atoms with Gasteiger partial charge in [0.05, 0.1) is 11.9 Å². The van der Waals surface area contributed by atoms with Crippen LogP contribution in [-0.4, -0.2) is 57.4 Å². The minimum Gasteiger partial charge on any atom is -0.383 e. The van der Waals surface area contributed by atoms with Gasteiger partial charge in [0.2, 0.25) is 10.0 Å². The fraction of sp³-hybridized carbons (Fsp3) is 1.00. The lowest BCUT2D eigenvalue weighted by Gasteiger charge is -2.27. The van der Waals surface area contributed by atoms with Crippen molar-refractivity contribution in [2.75, 3.05) is 33.4 Å². The molecule has 0 bridgehead atoms. The number of rotatable bonds is 7. The Morgan fingerprint density at radius 3 is 2.53 bits per heavy atom. The first kappa shape index (κ1) is 15.2. The molecule has 19 heavy (non-hydrogen) atoms. The summed E-state index contributed by atoms with van der Waals surface area (Å²) in [5, 5.41) is 3.22. The summed E-state index contributed by atoms with van der Waals surface area (Å²) < 4.78 is 32.1. The predicted octanol–water partition coefficient (Wildman–Crippen LogP) is 0.959. The van der Waals surface area contributed by atoms with E-state index < -0.39 is 10.0 Å². The SMILES string of the molecule is COCCN(CC1CCCN1)S(=O)(=O)C1CCCC1. The van der Waals surface area contributed by atoms with Gasteiger partial charge in [0.15, 0.2) is 0 Å². The molecular weight excluding hydrogens is 264 g/mol. The molecule has 1 aliphatic carbocycles. The van der Waals surface area contributed by atoms with Gasteiger partial charge in [0.25, 0.3) is 0 Å². The Bertz CT molecular complexity index is 360. The predicted molar refractivity (Wildman–Crippen MR) is 75.6 cm³/mol. The summed E-state index contributed by atoms with van der Waals surface area (Å²) >= 11 is 0. The molecule has 1 aliphatic heterocycles. The highest BCUT2D eigenvalue weighted by atomic mass is 32.2. The third-order valence-corrected chi connectivity index (χ3v) is 6.58. The van der Waals surface area contributed by atoms with Crippen LogP contribution in [0.15, 0.2) is 0 Å². The fourth-order valence-electron chi connectivity index (χ4n) is 3.07. The summed E-state index contributed by atoms with van der Waals surface area (Å²) in [5.74, 6) is 0. The van der Waals surface area contributed by atoms with Gasteiger partial charge >= 0.3 is 0 Å². The molecule has 5 nitrogen and oxygen atoms in total. The van der Waals surface area contributed by atoms with Crippen LogP contribution >= 0.6 is 0 Å². The summed E-state index contributed by atoms with van der Waals surface area (Å²) in [6, 6.07) is 0.313. The summed E-state index contributed by atoms with van der Waals surface area (Å²) in [7, 11) is -1.53. The molecule has 2 rings (SSSR count). The minimum absolute atomic E-state index is 0.161. The second-order valence-electron chi connectivity index (χ2n) is 5.60. The topological polar surface area (TPSA) is 58.6 Å². The zero-order valence-corrected chi connectivity index (χ0v) is 12.6. The summed E-state index contributed by atoms with van der Waals surface area (Å²) in [4.78, 5) is 0. The van der Waals surface area contributed by atoms with Crippen molar-refractivity contribution in [1.82, 2.24) is 9.62 Å². The minimum atomic E-state index is -3.15. The number of methoxy groups -OCH3 is 1. The van der Waals surface area contributed by atoms with E-state index in [0.29, 0.717) is 25.7 Å². The summed E-state index contributed by atoms with van der Waals surface area (Å²) in [5.41, 5.74) is 0. The molecule has 1 atom stereocenters. The third kappa shape index (κ3) is 3.90. The van der Waals surface area contributed by atoms with E-state index in [2.05, 4.69) is 5.32 Å². The molecule has 0 aromatic rings. The Morgan fingerprint density at radius 1 is 1.21 bits per heavy atom. The van der Waals surface area contributed by atoms with Gasteiger partial charge in [-0.2, -0.15) is 4.31 Å². The van der Waals surface area contributed by atoms with Crippen LogP contribution in [0.3, 0.4) is 0 Å². The van der Waals surface area contributed by atoms with E-state index in [1.807, 2.05) is 0 Å². The molecule has 1 saturated carbocycles. The largest absolute Gasteiger partial charge is 0.383 e. The molecule has 1 unspecified atom stereocenters. The Morgan fingerprint density at radius 2 is 1.95 bits per heavy atom. The van der Waals surface area contributed by atoms with Gasteiger partial charge in [-0.1, -0.05) is 12.8 Å². The number of sulfonamides is 1. The van der Waals surface area contributed by atoms with Gasteiger partial charge in [-0.3, -0.25) is 0 Å². The van der Waals surface area contributed by atoms with E-state index in [1.165, 1.54) is 0 Å². The van der Waals surface area contributed by atoms with E-state index >= 15 is 0 Å². The molecule has 0 spiro atoms. The average Bonchev–Trinajstić information content (AvgIpc) is 3.06. The van der Waals surface area contributed by atoms with Crippen molar-refractivity contribution in [3.05, 3.63) is 0 Å². The maximum absolute atomic E-state index is 12.7. The van der Waals surface area contributed by atoms with Crippen molar-refractivity contribution in [2.24, 2.45) is 0 Å². The van der Waals surface area contributed by atoms with Crippen LogP contribution in [0.1, 0.15) is 38.5 Å². The van der Waals surface area contributed by atoms with E-state index in [1.54, 1.807) is 11.4 Å². The lowest BCUT2D eigenvalue weighted by Crippen LogP contribution is -2.45. The van der Waals surface area contributed by atoms with E-state index in [9.17, 15) is 8.42 Å². The second-order valence-corrected chi connectivity index (χ2v) is 7.81. The zero-order valence-electron chi connectivity index (χ0n) is 11.8. The van der Waals surface area contributed by atoms with Crippen LogP contribution in [0.5, 0.6) is 0 Å². The number of ether oxygens (including phenoxy) is 1. The third-order valence-electron chi connectivity index (χ3n) is 4.21. The average molecular weight is 290 g/mol. The standard InChI is InChI=1S/C13H26N2O3S/c1-18-10-9-15(11-12-5-4-8-14-12)19(16,17)13-6-2-3-7-13/h12-14H,2-11H2,1H3. The van der Waals surface area contributed by atoms with Gasteiger partial charge in [-0.05, 0) is 32.2 Å². The summed E-state index contributed by atoms with van der Waals surface area (Å²) in [6.45, 7) is 2.56.